The Hall–Kier alpha value is -0.383. The molecular weight excluding hydrogens is 380 g/mol. The maximum absolute atomic E-state index is 3.96. The van der Waals surface area contributed by atoms with Crippen molar-refractivity contribution in [1.82, 2.24) is 0 Å². The van der Waals surface area contributed by atoms with Crippen LogP contribution in [-0.2, 0) is 0 Å². The molecule has 0 bridgehead atoms. The minimum Gasteiger partial charge on any atom is -0.103 e. The lowest BCUT2D eigenvalue weighted by Crippen LogP contribution is -2.36. The molecule has 0 radical (unpaired) electrons. The van der Waals surface area contributed by atoms with Crippen molar-refractivity contribution < 1.29 is 0 Å². The van der Waals surface area contributed by atoms with Gasteiger partial charge in [0, 0.05) is 0 Å². The van der Waals surface area contributed by atoms with Gasteiger partial charge in [-0.2, -0.15) is 0 Å². The van der Waals surface area contributed by atoms with E-state index in [9.17, 15) is 0 Å². The van der Waals surface area contributed by atoms with Crippen molar-refractivity contribution in [2.75, 3.05) is 0 Å². The summed E-state index contributed by atoms with van der Waals surface area (Å²) in [6.45, 7) is 12.1. The lowest BCUT2D eigenvalue weighted by Gasteiger charge is -2.29. The highest BCUT2D eigenvalue weighted by Gasteiger charge is 2.39. The van der Waals surface area contributed by atoms with E-state index >= 15 is 0 Å². The Balaban J connectivity index is 3.31. The molecular formula is C16H20Br2Si. The normalized spacial score (nSPS) is 18.9. The number of halogens is 2. The third kappa shape index (κ3) is 4.04. The smallest absolute Gasteiger partial charge is 0.103 e. The molecule has 19 heavy (non-hydrogen) atoms. The fourth-order valence-corrected chi connectivity index (χ4v) is 7.65. The van der Waals surface area contributed by atoms with Crippen LogP contribution in [0.4, 0.5) is 0 Å². The second kappa shape index (κ2) is 7.41. The fraction of sp³-hybridized carbons (Fsp3) is 0.250. The van der Waals surface area contributed by atoms with Gasteiger partial charge in [0.1, 0.15) is 8.07 Å². The number of rotatable bonds is 6. The Morgan fingerprint density at radius 3 is 1.63 bits per heavy atom. The lowest BCUT2D eigenvalue weighted by atomic mass is 10.4. The van der Waals surface area contributed by atoms with Crippen molar-refractivity contribution in [3.63, 3.8) is 0 Å². The monoisotopic (exact) mass is 398 g/mol. The minimum atomic E-state index is -1.74. The summed E-state index contributed by atoms with van der Waals surface area (Å²) >= 11 is 7.10. The highest BCUT2D eigenvalue weighted by atomic mass is 79.9. The second-order valence-corrected chi connectivity index (χ2v) is 11.4. The highest BCUT2D eigenvalue weighted by Crippen LogP contribution is 2.40. The zero-order chi connectivity index (χ0) is 14.5. The van der Waals surface area contributed by atoms with E-state index in [1.165, 1.54) is 10.4 Å². The summed E-state index contributed by atoms with van der Waals surface area (Å²) in [4.78, 5) is 0. The largest absolute Gasteiger partial charge is 0.125 e. The van der Waals surface area contributed by atoms with E-state index in [-0.39, 0.29) is 0 Å². The molecule has 1 aliphatic rings. The standard InChI is InChI=1S/C16H20Br2Si/c1-5-9-19(10-6-2)15(11-13(3)17)7-8-16(19)12-14(4)18/h5-8,11-12H,1-2,9-10H2,3-4H3/b13-11+,14-12+. The van der Waals surface area contributed by atoms with Crippen LogP contribution in [0.5, 0.6) is 0 Å². The molecule has 0 nitrogen and oxygen atoms in total. The molecule has 0 amide bonds. The van der Waals surface area contributed by atoms with Crippen LogP contribution in [0, 0.1) is 0 Å². The molecule has 0 fully saturated rings. The van der Waals surface area contributed by atoms with Crippen LogP contribution in [-0.4, -0.2) is 8.07 Å². The van der Waals surface area contributed by atoms with Crippen molar-refractivity contribution in [1.29, 1.82) is 0 Å². The van der Waals surface area contributed by atoms with E-state index in [4.69, 9.17) is 0 Å². The summed E-state index contributed by atoms with van der Waals surface area (Å²) in [5.74, 6) is 0. The van der Waals surface area contributed by atoms with Crippen molar-refractivity contribution in [2.24, 2.45) is 0 Å². The minimum absolute atomic E-state index is 1.05. The van der Waals surface area contributed by atoms with Crippen LogP contribution in [0.25, 0.3) is 0 Å². The molecule has 102 valence electrons. The molecule has 0 saturated heterocycles. The topological polar surface area (TPSA) is 0 Å². The van der Waals surface area contributed by atoms with Gasteiger partial charge >= 0.3 is 0 Å². The van der Waals surface area contributed by atoms with Crippen LogP contribution >= 0.6 is 31.9 Å². The Labute approximate surface area is 134 Å². The number of hydrogen-bond donors (Lipinski definition) is 0. The van der Waals surface area contributed by atoms with Gasteiger partial charge in [-0.1, -0.05) is 78.7 Å². The van der Waals surface area contributed by atoms with Crippen molar-refractivity contribution in [3.8, 4) is 0 Å². The van der Waals surface area contributed by atoms with Crippen molar-refractivity contribution in [3.05, 3.63) is 69.0 Å². The van der Waals surface area contributed by atoms with E-state index < -0.39 is 8.07 Å². The Morgan fingerprint density at radius 1 is 1.00 bits per heavy atom. The predicted octanol–water partition coefficient (Wildman–Crippen LogP) is 6.35. The molecule has 1 heterocycles. The van der Waals surface area contributed by atoms with Gasteiger partial charge < -0.3 is 0 Å². The van der Waals surface area contributed by atoms with Gasteiger partial charge in [-0.05, 0) is 34.9 Å². The van der Waals surface area contributed by atoms with Crippen LogP contribution in [0.3, 0.4) is 0 Å². The van der Waals surface area contributed by atoms with Crippen molar-refractivity contribution in [2.45, 2.75) is 25.9 Å². The molecule has 0 aliphatic carbocycles. The second-order valence-electron chi connectivity index (χ2n) is 4.77. The molecule has 3 heteroatoms. The van der Waals surface area contributed by atoms with E-state index in [1.54, 1.807) is 0 Å². The highest BCUT2D eigenvalue weighted by molar-refractivity contribution is 9.12. The SMILES string of the molecule is C=CC[Si]1(CC=C)C(/C=C(\C)Br)=CC=C1/C=C(\C)Br. The van der Waals surface area contributed by atoms with Crippen molar-refractivity contribution >= 4 is 39.9 Å². The molecule has 1 aliphatic heterocycles. The van der Waals surface area contributed by atoms with Gasteiger partial charge in [0.2, 0.25) is 0 Å². The van der Waals surface area contributed by atoms with Gasteiger partial charge in [-0.15, -0.1) is 13.2 Å². The molecule has 0 spiro atoms. The molecule has 0 unspecified atom stereocenters. The zero-order valence-electron chi connectivity index (χ0n) is 11.5. The first-order valence-electron chi connectivity index (χ1n) is 6.28. The Kier molecular flexibility index (Phi) is 6.50. The molecule has 0 aromatic carbocycles. The maximum atomic E-state index is 3.96. The first-order chi connectivity index (χ1) is 8.96. The van der Waals surface area contributed by atoms with Gasteiger partial charge in [-0.3, -0.25) is 0 Å². The average molecular weight is 400 g/mol. The van der Waals surface area contributed by atoms with Crippen LogP contribution < -0.4 is 0 Å². The quantitative estimate of drug-likeness (QED) is 0.360. The Bertz CT molecular complexity index is 439. The number of hydrogen-bond acceptors (Lipinski definition) is 0. The first kappa shape index (κ1) is 16.7. The molecule has 0 saturated carbocycles. The molecule has 0 aromatic rings. The summed E-state index contributed by atoms with van der Waals surface area (Å²) in [7, 11) is -1.74. The lowest BCUT2D eigenvalue weighted by molar-refractivity contribution is 1.43. The summed E-state index contributed by atoms with van der Waals surface area (Å²) < 4.78 is 2.33. The van der Waals surface area contributed by atoms with E-state index in [0.717, 1.165) is 21.1 Å². The zero-order valence-corrected chi connectivity index (χ0v) is 15.7. The van der Waals surface area contributed by atoms with Crippen LogP contribution in [0.15, 0.2) is 69.0 Å². The van der Waals surface area contributed by atoms with Gasteiger partial charge in [-0.25, -0.2) is 0 Å². The summed E-state index contributed by atoms with van der Waals surface area (Å²) in [5.41, 5.74) is 0. The van der Waals surface area contributed by atoms with Crippen LogP contribution in [0.1, 0.15) is 13.8 Å². The van der Waals surface area contributed by atoms with E-state index in [2.05, 4.69) is 95.3 Å². The third-order valence-corrected chi connectivity index (χ3v) is 8.50. The fourth-order valence-electron chi connectivity index (χ4n) is 2.51. The maximum Gasteiger partial charge on any atom is 0.125 e. The van der Waals surface area contributed by atoms with E-state index in [1.807, 2.05) is 0 Å². The first-order valence-corrected chi connectivity index (χ1v) is 10.3. The predicted molar refractivity (Wildman–Crippen MR) is 97.3 cm³/mol. The number of allylic oxidation sites excluding steroid dienone is 10. The molecule has 0 aromatic heterocycles. The van der Waals surface area contributed by atoms with Gasteiger partial charge in [0.05, 0.1) is 0 Å². The molecule has 1 rings (SSSR count). The average Bonchev–Trinajstić information content (AvgIpc) is 2.59. The molecule has 0 N–H and O–H groups in total. The Morgan fingerprint density at radius 2 is 1.37 bits per heavy atom. The molecule has 0 atom stereocenters. The summed E-state index contributed by atoms with van der Waals surface area (Å²) in [6.07, 6.45) is 13.1. The van der Waals surface area contributed by atoms with E-state index in [0.29, 0.717) is 0 Å². The van der Waals surface area contributed by atoms with Gasteiger partial charge in [0.25, 0.3) is 0 Å². The van der Waals surface area contributed by atoms with Gasteiger partial charge in [0.15, 0.2) is 0 Å². The summed E-state index contributed by atoms with van der Waals surface area (Å²) in [5, 5.41) is 2.89. The summed E-state index contributed by atoms with van der Waals surface area (Å²) in [6, 6.07) is 2.09. The van der Waals surface area contributed by atoms with Crippen LogP contribution in [0.2, 0.25) is 12.1 Å². The third-order valence-electron chi connectivity index (χ3n) is 3.24.